The second-order valence-electron chi connectivity index (χ2n) is 4.61. The fraction of sp³-hybridized carbons (Fsp3) is 0.538. The summed E-state index contributed by atoms with van der Waals surface area (Å²) in [6.07, 6.45) is 3.08. The second-order valence-corrected chi connectivity index (χ2v) is 4.61. The zero-order chi connectivity index (χ0) is 11.8. The van der Waals surface area contributed by atoms with Gasteiger partial charge in [-0.25, -0.2) is 0 Å². The monoisotopic (exact) mass is 221 g/mol. The molecule has 0 heterocycles. The highest BCUT2D eigenvalue weighted by atomic mass is 16.5. The molecule has 0 aromatic heterocycles. The van der Waals surface area contributed by atoms with Gasteiger partial charge >= 0.3 is 0 Å². The van der Waals surface area contributed by atoms with Crippen LogP contribution in [0, 0.1) is 6.92 Å². The van der Waals surface area contributed by atoms with E-state index in [0.717, 1.165) is 36.3 Å². The van der Waals surface area contributed by atoms with Gasteiger partial charge in [-0.1, -0.05) is 0 Å². The largest absolute Gasteiger partial charge is 0.496 e. The van der Waals surface area contributed by atoms with Crippen LogP contribution < -0.4 is 15.2 Å². The summed E-state index contributed by atoms with van der Waals surface area (Å²) in [6.45, 7) is 2.06. The molecule has 2 N–H and O–H groups in total. The molecule has 0 radical (unpaired) electrons. The van der Waals surface area contributed by atoms with Gasteiger partial charge in [-0.15, -0.1) is 0 Å². The summed E-state index contributed by atoms with van der Waals surface area (Å²) in [7, 11) is 3.38. The third-order valence-corrected chi connectivity index (χ3v) is 3.37. The normalized spacial score (nSPS) is 17.0. The van der Waals surface area contributed by atoms with Crippen LogP contribution in [-0.4, -0.2) is 19.8 Å². The van der Waals surface area contributed by atoms with Crippen LogP contribution in [0.15, 0.2) is 12.1 Å². The van der Waals surface area contributed by atoms with Crippen molar-refractivity contribution in [2.24, 2.45) is 5.73 Å². The average molecular weight is 221 g/mol. The third kappa shape index (κ3) is 2.00. The van der Waals surface area contributed by atoms with Gasteiger partial charge in [0.2, 0.25) is 0 Å². The Balaban J connectivity index is 2.38. The maximum Gasteiger partial charge on any atom is 0.122 e. The number of ether oxygens (including phenoxy) is 2. The molecule has 0 saturated heterocycles. The topological polar surface area (TPSA) is 44.5 Å². The van der Waals surface area contributed by atoms with Gasteiger partial charge in [0.1, 0.15) is 11.5 Å². The van der Waals surface area contributed by atoms with E-state index in [2.05, 4.69) is 6.92 Å². The molecule has 0 aliphatic heterocycles. The maximum atomic E-state index is 6.17. The number of nitrogens with two attached hydrogens (primary N) is 1. The van der Waals surface area contributed by atoms with E-state index in [1.54, 1.807) is 14.2 Å². The lowest BCUT2D eigenvalue weighted by molar-refractivity contribution is 0.394. The molecule has 1 aromatic carbocycles. The first-order valence-electron chi connectivity index (χ1n) is 5.59. The molecule has 0 atom stereocenters. The van der Waals surface area contributed by atoms with Gasteiger partial charge in [0.05, 0.1) is 14.2 Å². The highest BCUT2D eigenvalue weighted by Gasteiger charge is 2.39. The van der Waals surface area contributed by atoms with Crippen molar-refractivity contribution in [3.8, 4) is 11.5 Å². The van der Waals surface area contributed by atoms with E-state index in [1.165, 1.54) is 5.56 Å². The lowest BCUT2D eigenvalue weighted by Gasteiger charge is -2.17. The Morgan fingerprint density at radius 1 is 1.19 bits per heavy atom. The number of hydrogen-bond donors (Lipinski definition) is 1. The minimum atomic E-state index is -0.00952. The molecule has 16 heavy (non-hydrogen) atoms. The Morgan fingerprint density at radius 2 is 1.75 bits per heavy atom. The summed E-state index contributed by atoms with van der Waals surface area (Å²) in [5.41, 5.74) is 8.48. The van der Waals surface area contributed by atoms with Gasteiger partial charge < -0.3 is 15.2 Å². The van der Waals surface area contributed by atoms with E-state index < -0.39 is 0 Å². The highest BCUT2D eigenvalue weighted by molar-refractivity contribution is 5.49. The molecule has 1 fully saturated rings. The van der Waals surface area contributed by atoms with Crippen molar-refractivity contribution in [1.29, 1.82) is 0 Å². The third-order valence-electron chi connectivity index (χ3n) is 3.37. The summed E-state index contributed by atoms with van der Waals surface area (Å²) >= 11 is 0. The van der Waals surface area contributed by atoms with Crippen molar-refractivity contribution < 1.29 is 9.47 Å². The number of rotatable bonds is 4. The number of hydrogen-bond acceptors (Lipinski definition) is 3. The van der Waals surface area contributed by atoms with Gasteiger partial charge in [-0.2, -0.15) is 0 Å². The van der Waals surface area contributed by atoms with Crippen molar-refractivity contribution >= 4 is 0 Å². The van der Waals surface area contributed by atoms with Gasteiger partial charge in [-0.05, 0) is 43.9 Å². The summed E-state index contributed by atoms with van der Waals surface area (Å²) in [4.78, 5) is 0. The van der Waals surface area contributed by atoms with Crippen LogP contribution in [-0.2, 0) is 6.42 Å². The van der Waals surface area contributed by atoms with E-state index in [9.17, 15) is 0 Å². The minimum Gasteiger partial charge on any atom is -0.496 e. The lowest BCUT2D eigenvalue weighted by Crippen LogP contribution is -2.25. The molecule has 1 saturated carbocycles. The Labute approximate surface area is 96.5 Å². The van der Waals surface area contributed by atoms with Crippen molar-refractivity contribution in [3.63, 3.8) is 0 Å². The molecule has 1 aliphatic carbocycles. The predicted octanol–water partition coefficient (Wildman–Crippen LogP) is 2.05. The van der Waals surface area contributed by atoms with Crippen molar-refractivity contribution in [2.45, 2.75) is 31.7 Å². The van der Waals surface area contributed by atoms with Gasteiger partial charge in [0, 0.05) is 11.1 Å². The molecule has 3 nitrogen and oxygen atoms in total. The van der Waals surface area contributed by atoms with Crippen LogP contribution in [0.3, 0.4) is 0 Å². The Bertz CT molecular complexity index is 397. The standard InChI is InChI=1S/C13H19NO2/c1-9-10(8-13(14)6-7-13)12(16-3)5-4-11(9)15-2/h4-5H,6-8,14H2,1-3H3. The van der Waals surface area contributed by atoms with Crippen LogP contribution in [0.4, 0.5) is 0 Å². The fourth-order valence-electron chi connectivity index (χ4n) is 2.03. The summed E-state index contributed by atoms with van der Waals surface area (Å²) < 4.78 is 10.7. The molecule has 0 unspecified atom stereocenters. The van der Waals surface area contributed by atoms with Gasteiger partial charge in [0.25, 0.3) is 0 Å². The molecule has 1 aromatic rings. The molecule has 1 aliphatic rings. The van der Waals surface area contributed by atoms with E-state index in [4.69, 9.17) is 15.2 Å². The van der Waals surface area contributed by atoms with Crippen LogP contribution in [0.2, 0.25) is 0 Å². The number of benzene rings is 1. The Kier molecular flexibility index (Phi) is 2.80. The molecule has 88 valence electrons. The van der Waals surface area contributed by atoms with Gasteiger partial charge in [0.15, 0.2) is 0 Å². The zero-order valence-electron chi connectivity index (χ0n) is 10.2. The SMILES string of the molecule is COc1ccc(OC)c(CC2(N)CC2)c1C. The smallest absolute Gasteiger partial charge is 0.122 e. The van der Waals surface area contributed by atoms with Crippen molar-refractivity contribution in [2.75, 3.05) is 14.2 Å². The van der Waals surface area contributed by atoms with E-state index in [1.807, 2.05) is 12.1 Å². The number of methoxy groups -OCH3 is 2. The maximum absolute atomic E-state index is 6.17. The van der Waals surface area contributed by atoms with Crippen LogP contribution in [0.25, 0.3) is 0 Å². The summed E-state index contributed by atoms with van der Waals surface area (Å²) in [5, 5.41) is 0. The quantitative estimate of drug-likeness (QED) is 0.846. The molecular weight excluding hydrogens is 202 g/mol. The minimum absolute atomic E-state index is 0.00952. The fourth-order valence-corrected chi connectivity index (χ4v) is 2.03. The molecule has 0 spiro atoms. The Morgan fingerprint density at radius 3 is 2.25 bits per heavy atom. The molecular formula is C13H19NO2. The van der Waals surface area contributed by atoms with Crippen LogP contribution in [0.5, 0.6) is 11.5 Å². The average Bonchev–Trinajstić information content (AvgIpc) is 2.99. The molecule has 3 heteroatoms. The summed E-state index contributed by atoms with van der Waals surface area (Å²) in [6, 6.07) is 3.89. The predicted molar refractivity (Wildman–Crippen MR) is 64.1 cm³/mol. The van der Waals surface area contributed by atoms with E-state index in [0.29, 0.717) is 0 Å². The van der Waals surface area contributed by atoms with Crippen LogP contribution >= 0.6 is 0 Å². The van der Waals surface area contributed by atoms with Crippen molar-refractivity contribution in [3.05, 3.63) is 23.3 Å². The van der Waals surface area contributed by atoms with Gasteiger partial charge in [-0.3, -0.25) is 0 Å². The van der Waals surface area contributed by atoms with Crippen molar-refractivity contribution in [1.82, 2.24) is 0 Å². The van der Waals surface area contributed by atoms with Crippen LogP contribution in [0.1, 0.15) is 24.0 Å². The molecule has 0 amide bonds. The molecule has 2 rings (SSSR count). The Hall–Kier alpha value is -1.22. The van der Waals surface area contributed by atoms with E-state index >= 15 is 0 Å². The summed E-state index contributed by atoms with van der Waals surface area (Å²) in [5.74, 6) is 1.81. The molecule has 0 bridgehead atoms. The lowest BCUT2D eigenvalue weighted by atomic mass is 9.98. The first kappa shape index (κ1) is 11.3. The van der Waals surface area contributed by atoms with E-state index in [-0.39, 0.29) is 5.54 Å². The zero-order valence-corrected chi connectivity index (χ0v) is 10.2. The first-order chi connectivity index (χ1) is 7.59. The first-order valence-corrected chi connectivity index (χ1v) is 5.59. The second kappa shape index (κ2) is 3.98. The highest BCUT2D eigenvalue weighted by Crippen LogP contribution is 2.40.